The number of carbonyl (C=O) groups excluding carboxylic acids is 2. The van der Waals surface area contributed by atoms with Crippen molar-refractivity contribution in [2.45, 2.75) is 51.9 Å². The van der Waals surface area contributed by atoms with Gasteiger partial charge in [0.05, 0.1) is 11.1 Å². The molecule has 0 bridgehead atoms. The summed E-state index contributed by atoms with van der Waals surface area (Å²) in [6.07, 6.45) is 11.5. The van der Waals surface area contributed by atoms with Gasteiger partial charge in [-0.25, -0.2) is 0 Å². The van der Waals surface area contributed by atoms with Gasteiger partial charge >= 0.3 is 0 Å². The second kappa shape index (κ2) is 6.94. The number of amides is 2. The van der Waals surface area contributed by atoms with E-state index in [9.17, 15) is 9.59 Å². The first kappa shape index (κ1) is 16.8. The Kier molecular flexibility index (Phi) is 4.49. The minimum atomic E-state index is -0.214. The molecule has 4 rings (SSSR count). The molecule has 2 aromatic rings. The molecule has 0 N–H and O–H groups in total. The number of fused-ring (bicyclic) bond motifs is 2. The van der Waals surface area contributed by atoms with Crippen LogP contribution in [0.5, 0.6) is 0 Å². The molecule has 1 aromatic heterocycles. The van der Waals surface area contributed by atoms with E-state index in [-0.39, 0.29) is 11.8 Å². The molecule has 0 saturated carbocycles. The molecule has 0 radical (unpaired) electrons. The van der Waals surface area contributed by atoms with Crippen molar-refractivity contribution in [3.63, 3.8) is 0 Å². The molecule has 134 valence electrons. The van der Waals surface area contributed by atoms with Crippen molar-refractivity contribution in [1.82, 2.24) is 4.68 Å². The number of hydrogen-bond acceptors (Lipinski definition) is 2. The predicted octanol–water partition coefficient (Wildman–Crippen LogP) is 4.50. The van der Waals surface area contributed by atoms with E-state index in [0.29, 0.717) is 11.1 Å². The molecular formula is C22H24N2O2. The highest BCUT2D eigenvalue weighted by Crippen LogP contribution is 2.29. The molecule has 26 heavy (non-hydrogen) atoms. The van der Waals surface area contributed by atoms with Crippen LogP contribution in [0.15, 0.2) is 36.4 Å². The van der Waals surface area contributed by atoms with E-state index in [1.807, 2.05) is 16.8 Å². The minimum Gasteiger partial charge on any atom is -0.267 e. The lowest BCUT2D eigenvalue weighted by Gasteiger charge is -2.22. The summed E-state index contributed by atoms with van der Waals surface area (Å²) < 4.78 is 1.92. The highest BCUT2D eigenvalue weighted by molar-refractivity contribution is 6.30. The van der Waals surface area contributed by atoms with Crippen LogP contribution in [0.1, 0.15) is 76.7 Å². The Labute approximate surface area is 154 Å². The fourth-order valence-electron chi connectivity index (χ4n) is 3.95. The number of benzene rings is 1. The van der Waals surface area contributed by atoms with Crippen LogP contribution in [-0.2, 0) is 12.8 Å². The zero-order valence-corrected chi connectivity index (χ0v) is 15.2. The number of unbranched alkanes of at least 4 members (excludes halogenated alkanes) is 2. The van der Waals surface area contributed by atoms with Gasteiger partial charge in [-0.05, 0) is 55.9 Å². The van der Waals surface area contributed by atoms with E-state index in [1.165, 1.54) is 5.01 Å². The van der Waals surface area contributed by atoms with Gasteiger partial charge in [0, 0.05) is 11.4 Å². The highest BCUT2D eigenvalue weighted by Gasteiger charge is 2.38. The lowest BCUT2D eigenvalue weighted by molar-refractivity contribution is 0.0883. The quantitative estimate of drug-likeness (QED) is 0.590. The van der Waals surface area contributed by atoms with Gasteiger partial charge in [-0.2, -0.15) is 5.01 Å². The van der Waals surface area contributed by atoms with Crippen LogP contribution in [0.25, 0.3) is 6.08 Å². The fraction of sp³-hybridized carbons (Fsp3) is 0.364. The lowest BCUT2D eigenvalue weighted by Crippen LogP contribution is -2.42. The van der Waals surface area contributed by atoms with E-state index < -0.39 is 0 Å². The number of hydrogen-bond donors (Lipinski definition) is 0. The molecule has 0 saturated heterocycles. The van der Waals surface area contributed by atoms with Crippen LogP contribution in [0.2, 0.25) is 0 Å². The zero-order chi connectivity index (χ0) is 18.1. The number of aromatic nitrogens is 1. The van der Waals surface area contributed by atoms with Gasteiger partial charge in [-0.1, -0.05) is 44.1 Å². The molecule has 4 nitrogen and oxygen atoms in total. The van der Waals surface area contributed by atoms with Crippen LogP contribution < -0.4 is 5.01 Å². The largest absolute Gasteiger partial charge is 0.281 e. The molecule has 1 aliphatic carbocycles. The Morgan fingerprint density at radius 2 is 1.77 bits per heavy atom. The van der Waals surface area contributed by atoms with Crippen LogP contribution in [0, 0.1) is 0 Å². The average molecular weight is 348 g/mol. The molecule has 1 aromatic carbocycles. The summed E-state index contributed by atoms with van der Waals surface area (Å²) in [7, 11) is 0. The van der Waals surface area contributed by atoms with Gasteiger partial charge in [0.1, 0.15) is 0 Å². The summed E-state index contributed by atoms with van der Waals surface area (Å²) in [6.45, 7) is 2.18. The van der Waals surface area contributed by atoms with E-state index in [4.69, 9.17) is 0 Å². The van der Waals surface area contributed by atoms with Gasteiger partial charge in [0.15, 0.2) is 0 Å². The third-order valence-corrected chi connectivity index (χ3v) is 5.27. The smallest absolute Gasteiger partial charge is 0.267 e. The maximum Gasteiger partial charge on any atom is 0.281 e. The summed E-state index contributed by atoms with van der Waals surface area (Å²) >= 11 is 0. The number of rotatable bonds is 5. The molecular weight excluding hydrogens is 324 g/mol. The summed E-state index contributed by atoms with van der Waals surface area (Å²) in [4.78, 5) is 26.1. The van der Waals surface area contributed by atoms with E-state index in [2.05, 4.69) is 25.1 Å². The summed E-state index contributed by atoms with van der Waals surface area (Å²) in [5.74, 6) is -0.428. The third-order valence-electron chi connectivity index (χ3n) is 5.27. The van der Waals surface area contributed by atoms with Gasteiger partial charge < -0.3 is 0 Å². The minimum absolute atomic E-state index is 0.214. The van der Waals surface area contributed by atoms with Crippen molar-refractivity contribution < 1.29 is 9.59 Å². The average Bonchev–Trinajstić information content (AvgIpc) is 2.99. The zero-order valence-electron chi connectivity index (χ0n) is 15.2. The summed E-state index contributed by atoms with van der Waals surface area (Å²) in [6, 6.07) is 9.28. The van der Waals surface area contributed by atoms with Gasteiger partial charge in [0.25, 0.3) is 11.8 Å². The summed E-state index contributed by atoms with van der Waals surface area (Å²) in [5, 5.41) is 1.37. The molecule has 2 amide bonds. The number of aryl methyl sites for hydroxylation is 1. The monoisotopic (exact) mass is 348 g/mol. The normalized spacial score (nSPS) is 16.0. The van der Waals surface area contributed by atoms with Crippen LogP contribution >= 0.6 is 0 Å². The first-order chi connectivity index (χ1) is 12.7. The Morgan fingerprint density at radius 1 is 1.04 bits per heavy atom. The van der Waals surface area contributed by atoms with Crippen molar-refractivity contribution in [1.29, 1.82) is 0 Å². The van der Waals surface area contributed by atoms with Gasteiger partial charge in [-0.3, -0.25) is 14.3 Å². The predicted molar refractivity (Wildman–Crippen MR) is 103 cm³/mol. The molecule has 4 heteroatoms. The van der Waals surface area contributed by atoms with Crippen molar-refractivity contribution in [2.24, 2.45) is 0 Å². The van der Waals surface area contributed by atoms with Crippen molar-refractivity contribution in [3.05, 3.63) is 64.5 Å². The number of allylic oxidation sites excluding steroid dienone is 1. The number of nitrogens with zero attached hydrogens (tertiary/aromatic N) is 2. The number of imide groups is 1. The molecule has 1 aliphatic heterocycles. The third kappa shape index (κ3) is 2.70. The van der Waals surface area contributed by atoms with Gasteiger partial charge in [0.2, 0.25) is 0 Å². The van der Waals surface area contributed by atoms with Gasteiger partial charge in [-0.15, -0.1) is 0 Å². The second-order valence-electron chi connectivity index (χ2n) is 7.07. The molecule has 0 spiro atoms. The first-order valence-electron chi connectivity index (χ1n) is 9.60. The van der Waals surface area contributed by atoms with Crippen molar-refractivity contribution in [3.8, 4) is 0 Å². The fourth-order valence-corrected chi connectivity index (χ4v) is 3.95. The maximum absolute atomic E-state index is 13.0. The Bertz CT molecular complexity index is 857. The molecule has 0 fully saturated rings. The van der Waals surface area contributed by atoms with Crippen molar-refractivity contribution >= 4 is 17.9 Å². The molecule has 2 aliphatic rings. The highest BCUT2D eigenvalue weighted by atomic mass is 16.2. The maximum atomic E-state index is 13.0. The van der Waals surface area contributed by atoms with E-state index in [0.717, 1.165) is 61.9 Å². The van der Waals surface area contributed by atoms with Crippen LogP contribution in [0.3, 0.4) is 0 Å². The van der Waals surface area contributed by atoms with E-state index >= 15 is 0 Å². The molecule has 2 heterocycles. The molecule has 0 unspecified atom stereocenters. The number of carbonyl (C=O) groups is 2. The SMILES string of the molecule is CCCCCc1cc2c(n1N1C(=O)c3ccccc3C1=O)CCCC=C2. The standard InChI is InChI=1S/C22H24N2O2/c1-2-3-5-11-17-15-16-10-6-4-7-14-20(16)23(17)24-21(25)18-12-8-9-13-19(18)22(24)26/h6,8-10,12-13,15H,2-5,7,11,14H2,1H3. The van der Waals surface area contributed by atoms with E-state index in [1.54, 1.807) is 12.1 Å². The lowest BCUT2D eigenvalue weighted by atomic mass is 10.1. The van der Waals surface area contributed by atoms with Crippen LogP contribution in [-0.4, -0.2) is 16.5 Å². The Morgan fingerprint density at radius 3 is 2.46 bits per heavy atom. The topological polar surface area (TPSA) is 42.3 Å². The molecule has 0 atom stereocenters. The van der Waals surface area contributed by atoms with Crippen molar-refractivity contribution in [2.75, 3.05) is 5.01 Å². The second-order valence-corrected chi connectivity index (χ2v) is 7.07. The Hall–Kier alpha value is -2.62. The Balaban J connectivity index is 1.80. The van der Waals surface area contributed by atoms with Crippen LogP contribution in [0.4, 0.5) is 0 Å². The summed E-state index contributed by atoms with van der Waals surface area (Å²) in [5.41, 5.74) is 4.29. The first-order valence-corrected chi connectivity index (χ1v) is 9.60.